The first-order chi connectivity index (χ1) is 13.7. The van der Waals surface area contributed by atoms with Gasteiger partial charge in [-0.1, -0.05) is 6.07 Å². The fourth-order valence-electron chi connectivity index (χ4n) is 4.12. The topological polar surface area (TPSA) is 116 Å². The quantitative estimate of drug-likeness (QED) is 0.301. The lowest BCUT2D eigenvalue weighted by atomic mass is 9.99. The van der Waals surface area contributed by atoms with Crippen LogP contribution in [0.15, 0.2) is 21.3 Å². The van der Waals surface area contributed by atoms with Crippen molar-refractivity contribution in [1.29, 1.82) is 5.41 Å². The van der Waals surface area contributed by atoms with Gasteiger partial charge in [-0.15, -0.1) is 4.47 Å². The zero-order valence-corrected chi connectivity index (χ0v) is 16.5. The van der Waals surface area contributed by atoms with Gasteiger partial charge in [-0.25, -0.2) is 14.4 Å². The molecule has 4 rings (SSSR count). The highest BCUT2D eigenvalue weighted by atomic mass is 32.2. The van der Waals surface area contributed by atoms with Gasteiger partial charge in [0.05, 0.1) is 17.2 Å². The number of nitrogens with zero attached hydrogens (tertiary/aromatic N) is 1. The van der Waals surface area contributed by atoms with Gasteiger partial charge in [0.2, 0.25) is 5.88 Å². The number of rotatable bonds is 4. The van der Waals surface area contributed by atoms with Gasteiger partial charge in [0, 0.05) is 18.4 Å². The van der Waals surface area contributed by atoms with Gasteiger partial charge in [0.25, 0.3) is 0 Å². The van der Waals surface area contributed by atoms with Crippen LogP contribution in [0.3, 0.4) is 0 Å². The minimum atomic E-state index is -2.33. The second kappa shape index (κ2) is 8.22. The fourth-order valence-corrected chi connectivity index (χ4v) is 4.84. The van der Waals surface area contributed by atoms with Gasteiger partial charge >= 0.3 is 6.03 Å². The Hall–Kier alpha value is -2.55. The number of thiol groups is 1. The molecule has 28 heavy (non-hydrogen) atoms. The van der Waals surface area contributed by atoms with E-state index < -0.39 is 16.6 Å². The summed E-state index contributed by atoms with van der Waals surface area (Å²) in [5, 5.41) is 13.4. The van der Waals surface area contributed by atoms with Gasteiger partial charge in [0.15, 0.2) is 0 Å². The maximum atomic E-state index is 12.4. The first kappa shape index (κ1) is 18.8. The van der Waals surface area contributed by atoms with E-state index in [1.807, 2.05) is 0 Å². The van der Waals surface area contributed by atoms with E-state index in [-0.39, 0.29) is 4.91 Å². The maximum absolute atomic E-state index is 12.4. The van der Waals surface area contributed by atoms with Gasteiger partial charge in [-0.05, 0) is 67.2 Å². The number of carbonyl (C=O) groups excluding carboxylic acids is 1. The van der Waals surface area contributed by atoms with E-state index in [0.717, 1.165) is 56.8 Å². The summed E-state index contributed by atoms with van der Waals surface area (Å²) in [6, 6.07) is 1.79. The summed E-state index contributed by atoms with van der Waals surface area (Å²) in [5.41, 5.74) is 8.35. The van der Waals surface area contributed by atoms with Crippen molar-refractivity contribution in [3.8, 4) is 0 Å². The monoisotopic (exact) mass is 403 g/mol. The third kappa shape index (κ3) is 3.71. The molecule has 0 saturated carbocycles. The van der Waals surface area contributed by atoms with E-state index in [4.69, 9.17) is 10.1 Å². The largest absolute Gasteiger partial charge is 0.478 e. The summed E-state index contributed by atoms with van der Waals surface area (Å²) in [5.74, 6) is 0.298. The zero-order chi connectivity index (χ0) is 19.5. The molecular weight excluding hydrogens is 378 g/mol. The molecule has 1 aromatic carbocycles. The Labute approximate surface area is 165 Å². The number of nitrogens with one attached hydrogen (secondary N) is 4. The molecule has 2 amide bonds. The van der Waals surface area contributed by atoms with E-state index in [2.05, 4.69) is 26.6 Å². The molecule has 1 fully saturated rings. The third-order valence-electron chi connectivity index (χ3n) is 5.38. The summed E-state index contributed by atoms with van der Waals surface area (Å²) in [6.07, 6.45) is 8.05. The van der Waals surface area contributed by atoms with E-state index in [1.54, 1.807) is 0 Å². The predicted octanol–water partition coefficient (Wildman–Crippen LogP) is 2.19. The van der Waals surface area contributed by atoms with Crippen LogP contribution in [0.4, 0.5) is 10.5 Å². The number of amides is 2. The lowest BCUT2D eigenvalue weighted by Gasteiger charge is -2.19. The number of fused-ring (bicyclic) bond motifs is 2. The van der Waals surface area contributed by atoms with Crippen LogP contribution in [0.1, 0.15) is 41.5 Å². The lowest BCUT2D eigenvalue weighted by molar-refractivity contribution is 0.157. The van der Waals surface area contributed by atoms with Crippen LogP contribution in [0, 0.1) is 5.41 Å². The average Bonchev–Trinajstić information content (AvgIpc) is 3.37. The van der Waals surface area contributed by atoms with Crippen LogP contribution in [-0.4, -0.2) is 29.6 Å². The highest BCUT2D eigenvalue weighted by Crippen LogP contribution is 2.38. The van der Waals surface area contributed by atoms with Crippen molar-refractivity contribution in [2.75, 3.05) is 18.5 Å². The number of allylic oxidation sites excluding steroid dienone is 1. The number of hydrogen-bond donors (Lipinski definition) is 5. The molecule has 0 aromatic heterocycles. The Morgan fingerprint density at radius 1 is 1.18 bits per heavy atom. The van der Waals surface area contributed by atoms with Crippen molar-refractivity contribution in [3.63, 3.8) is 0 Å². The third-order valence-corrected chi connectivity index (χ3v) is 6.41. The van der Waals surface area contributed by atoms with Crippen molar-refractivity contribution < 1.29 is 13.7 Å². The van der Waals surface area contributed by atoms with Gasteiger partial charge in [-0.2, -0.15) is 0 Å². The normalized spacial score (nSPS) is 20.4. The standard InChI is InChI=1S/C19H25N5O3S/c20-11-16(18-21-8-3-9-27-18)28(26)24-23-19(25)22-17-14-6-1-4-12(14)10-13-5-2-7-15(13)17/h10-11,20-21,28H,1-9H2,(H2,22,23,25)/b18-16-,20-11?. The van der Waals surface area contributed by atoms with Crippen molar-refractivity contribution in [1.82, 2.24) is 10.7 Å². The molecule has 1 heterocycles. The van der Waals surface area contributed by atoms with Gasteiger partial charge < -0.3 is 20.8 Å². The van der Waals surface area contributed by atoms with E-state index >= 15 is 0 Å². The molecule has 4 N–H and O–H groups in total. The summed E-state index contributed by atoms with van der Waals surface area (Å²) in [4.78, 5) is 12.6. The number of anilines is 1. The second-order valence-electron chi connectivity index (χ2n) is 7.16. The molecule has 8 nitrogen and oxygen atoms in total. The van der Waals surface area contributed by atoms with Gasteiger partial charge in [0.1, 0.15) is 4.91 Å². The van der Waals surface area contributed by atoms with Gasteiger partial charge in [-0.3, -0.25) is 0 Å². The Balaban J connectivity index is 1.51. The van der Waals surface area contributed by atoms with Crippen molar-refractivity contribution in [3.05, 3.63) is 39.1 Å². The van der Waals surface area contributed by atoms with Crippen molar-refractivity contribution in [2.24, 2.45) is 4.47 Å². The molecular formula is C19H25N5O3S. The van der Waals surface area contributed by atoms with E-state index in [0.29, 0.717) is 19.0 Å². The Morgan fingerprint density at radius 3 is 2.50 bits per heavy atom. The van der Waals surface area contributed by atoms with Crippen LogP contribution in [-0.2, 0) is 41.0 Å². The highest BCUT2D eigenvalue weighted by molar-refractivity contribution is 7.80. The van der Waals surface area contributed by atoms with E-state index in [9.17, 15) is 9.00 Å². The molecule has 1 saturated heterocycles. The second-order valence-corrected chi connectivity index (χ2v) is 8.39. The molecule has 1 aliphatic heterocycles. The number of ether oxygens (including phenoxy) is 1. The van der Waals surface area contributed by atoms with Crippen molar-refractivity contribution >= 4 is 28.5 Å². The smallest absolute Gasteiger partial charge is 0.340 e. The minimum absolute atomic E-state index is 0.136. The zero-order valence-electron chi connectivity index (χ0n) is 15.6. The number of benzene rings is 1. The van der Waals surface area contributed by atoms with Crippen molar-refractivity contribution in [2.45, 2.75) is 44.9 Å². The Kier molecular flexibility index (Phi) is 5.52. The molecule has 3 aliphatic rings. The number of aryl methyl sites for hydroxylation is 2. The molecule has 1 atom stereocenters. The first-order valence-electron chi connectivity index (χ1n) is 9.70. The minimum Gasteiger partial charge on any atom is -0.478 e. The summed E-state index contributed by atoms with van der Waals surface area (Å²) >= 11 is 0. The molecule has 9 heteroatoms. The molecule has 1 aromatic rings. The Morgan fingerprint density at radius 2 is 1.89 bits per heavy atom. The molecule has 0 radical (unpaired) electrons. The fraction of sp³-hybridized carbons (Fsp3) is 0.474. The first-order valence-corrected chi connectivity index (χ1v) is 10.9. The summed E-state index contributed by atoms with van der Waals surface area (Å²) < 4.78 is 21.6. The highest BCUT2D eigenvalue weighted by Gasteiger charge is 2.25. The predicted molar refractivity (Wildman–Crippen MR) is 109 cm³/mol. The van der Waals surface area contributed by atoms with Crippen LogP contribution in [0.2, 0.25) is 0 Å². The lowest BCUT2D eigenvalue weighted by Crippen LogP contribution is -2.28. The molecule has 150 valence electrons. The molecule has 2 aliphatic carbocycles. The Bertz CT molecular complexity index is 894. The summed E-state index contributed by atoms with van der Waals surface area (Å²) in [7, 11) is -2.33. The maximum Gasteiger partial charge on any atom is 0.340 e. The number of carbonyl (C=O) groups is 1. The van der Waals surface area contributed by atoms with Crippen LogP contribution in [0.25, 0.3) is 0 Å². The van der Waals surface area contributed by atoms with E-state index in [1.165, 1.54) is 22.3 Å². The SMILES string of the molecule is N=CC(=C1\NCCCO1)/[SH](=O)=N/NC(=O)Nc1c2c(cc3c1CCC3)CCC2. The molecule has 1 unspecified atom stereocenters. The number of hydrogen-bond acceptors (Lipinski definition) is 6. The van der Waals surface area contributed by atoms with Crippen LogP contribution in [0.5, 0.6) is 0 Å². The summed E-state index contributed by atoms with van der Waals surface area (Å²) in [6.45, 7) is 1.19. The molecule has 0 spiro atoms. The average molecular weight is 404 g/mol. The number of urea groups is 1. The van der Waals surface area contributed by atoms with Crippen LogP contribution < -0.4 is 16.1 Å². The van der Waals surface area contributed by atoms with Crippen LogP contribution >= 0.6 is 0 Å². The molecule has 0 bridgehead atoms.